The quantitative estimate of drug-likeness (QED) is 0.936. The van der Waals surface area contributed by atoms with E-state index in [0.29, 0.717) is 6.54 Å². The minimum absolute atomic E-state index is 0.00419. The summed E-state index contributed by atoms with van der Waals surface area (Å²) in [6, 6.07) is 15.6. The molecule has 0 unspecified atom stereocenters. The SMILES string of the molecule is CCc1ccccc1NC(=O)[C@@H]1CC(=O)N(c2cccc(C)c2)C1. The molecule has 1 saturated heterocycles. The fourth-order valence-electron chi connectivity index (χ4n) is 3.11. The van der Waals surface area contributed by atoms with Gasteiger partial charge in [-0.3, -0.25) is 9.59 Å². The Morgan fingerprint density at radius 3 is 2.75 bits per heavy atom. The van der Waals surface area contributed by atoms with Gasteiger partial charge in [0.25, 0.3) is 0 Å². The highest BCUT2D eigenvalue weighted by Crippen LogP contribution is 2.27. The van der Waals surface area contributed by atoms with Gasteiger partial charge in [-0.15, -0.1) is 0 Å². The van der Waals surface area contributed by atoms with Gasteiger partial charge in [0.1, 0.15) is 0 Å². The van der Waals surface area contributed by atoms with Gasteiger partial charge in [0.05, 0.1) is 5.92 Å². The van der Waals surface area contributed by atoms with Gasteiger partial charge >= 0.3 is 0 Å². The molecule has 1 fully saturated rings. The van der Waals surface area contributed by atoms with Gasteiger partial charge in [0.15, 0.2) is 0 Å². The molecular formula is C20H22N2O2. The average molecular weight is 322 g/mol. The summed E-state index contributed by atoms with van der Waals surface area (Å²) in [4.78, 5) is 26.6. The number of amides is 2. The maximum atomic E-state index is 12.6. The first kappa shape index (κ1) is 16.2. The van der Waals surface area contributed by atoms with E-state index in [1.165, 1.54) is 0 Å². The van der Waals surface area contributed by atoms with E-state index in [4.69, 9.17) is 0 Å². The van der Waals surface area contributed by atoms with Crippen molar-refractivity contribution in [3.8, 4) is 0 Å². The highest BCUT2D eigenvalue weighted by atomic mass is 16.2. The molecule has 2 amide bonds. The zero-order valence-electron chi connectivity index (χ0n) is 14.1. The number of hydrogen-bond donors (Lipinski definition) is 1. The highest BCUT2D eigenvalue weighted by molar-refractivity contribution is 6.03. The summed E-state index contributed by atoms with van der Waals surface area (Å²) in [5, 5.41) is 2.99. The number of para-hydroxylation sites is 1. The first-order valence-electron chi connectivity index (χ1n) is 8.34. The van der Waals surface area contributed by atoms with Crippen molar-refractivity contribution in [1.82, 2.24) is 0 Å². The molecule has 2 aromatic rings. The number of carbonyl (C=O) groups is 2. The summed E-state index contributed by atoms with van der Waals surface area (Å²) in [5.41, 5.74) is 3.91. The molecule has 4 heteroatoms. The number of carbonyl (C=O) groups excluding carboxylic acids is 2. The molecule has 0 aromatic heterocycles. The fourth-order valence-corrected chi connectivity index (χ4v) is 3.11. The second-order valence-corrected chi connectivity index (χ2v) is 6.24. The summed E-state index contributed by atoms with van der Waals surface area (Å²) in [6.07, 6.45) is 1.11. The van der Waals surface area contributed by atoms with E-state index in [-0.39, 0.29) is 24.2 Å². The normalized spacial score (nSPS) is 17.2. The van der Waals surface area contributed by atoms with Gasteiger partial charge in [-0.1, -0.05) is 37.3 Å². The Morgan fingerprint density at radius 2 is 2.00 bits per heavy atom. The molecule has 24 heavy (non-hydrogen) atoms. The maximum absolute atomic E-state index is 12.6. The monoisotopic (exact) mass is 322 g/mol. The summed E-state index contributed by atoms with van der Waals surface area (Å²) in [7, 11) is 0. The predicted molar refractivity (Wildman–Crippen MR) is 96.1 cm³/mol. The zero-order chi connectivity index (χ0) is 17.1. The lowest BCUT2D eigenvalue weighted by Gasteiger charge is -2.17. The Morgan fingerprint density at radius 1 is 1.21 bits per heavy atom. The van der Waals surface area contributed by atoms with Crippen LogP contribution >= 0.6 is 0 Å². The Kier molecular flexibility index (Phi) is 4.65. The second kappa shape index (κ2) is 6.87. The summed E-state index contributed by atoms with van der Waals surface area (Å²) >= 11 is 0. The van der Waals surface area contributed by atoms with E-state index in [1.54, 1.807) is 4.90 Å². The van der Waals surface area contributed by atoms with Crippen molar-refractivity contribution >= 4 is 23.2 Å². The number of nitrogens with zero attached hydrogens (tertiary/aromatic N) is 1. The lowest BCUT2D eigenvalue weighted by molar-refractivity contribution is -0.122. The van der Waals surface area contributed by atoms with Crippen LogP contribution < -0.4 is 10.2 Å². The third kappa shape index (κ3) is 3.32. The molecule has 1 heterocycles. The summed E-state index contributed by atoms with van der Waals surface area (Å²) in [5.74, 6) is -0.396. The van der Waals surface area contributed by atoms with Crippen molar-refractivity contribution in [2.45, 2.75) is 26.7 Å². The predicted octanol–water partition coefficient (Wildman–Crippen LogP) is 3.55. The van der Waals surface area contributed by atoms with E-state index in [9.17, 15) is 9.59 Å². The number of aryl methyl sites for hydroxylation is 2. The highest BCUT2D eigenvalue weighted by Gasteiger charge is 2.35. The molecule has 124 valence electrons. The summed E-state index contributed by atoms with van der Waals surface area (Å²) < 4.78 is 0. The van der Waals surface area contributed by atoms with Crippen molar-refractivity contribution < 1.29 is 9.59 Å². The first-order chi connectivity index (χ1) is 11.6. The molecular weight excluding hydrogens is 300 g/mol. The standard InChI is InChI=1S/C20H22N2O2/c1-3-15-8-4-5-10-18(15)21-20(24)16-12-19(23)22(13-16)17-9-6-7-14(2)11-17/h4-11,16H,3,12-13H2,1-2H3,(H,21,24)/t16-/m1/s1. The minimum Gasteiger partial charge on any atom is -0.326 e. The topological polar surface area (TPSA) is 49.4 Å². The lowest BCUT2D eigenvalue weighted by atomic mass is 10.1. The molecule has 1 atom stereocenters. The molecule has 0 bridgehead atoms. The molecule has 4 nitrogen and oxygen atoms in total. The Hall–Kier alpha value is -2.62. The number of nitrogens with one attached hydrogen (secondary N) is 1. The van der Waals surface area contributed by atoms with Gasteiger partial charge < -0.3 is 10.2 Å². The smallest absolute Gasteiger partial charge is 0.229 e. The minimum atomic E-state index is -0.317. The number of hydrogen-bond acceptors (Lipinski definition) is 2. The van der Waals surface area contributed by atoms with Crippen LogP contribution in [0.3, 0.4) is 0 Å². The van der Waals surface area contributed by atoms with Crippen LogP contribution in [0.1, 0.15) is 24.5 Å². The molecule has 1 aliphatic heterocycles. The van der Waals surface area contributed by atoms with Crippen molar-refractivity contribution in [1.29, 1.82) is 0 Å². The molecule has 3 rings (SSSR count). The van der Waals surface area contributed by atoms with Crippen molar-refractivity contribution in [2.24, 2.45) is 5.92 Å². The summed E-state index contributed by atoms with van der Waals surface area (Å²) in [6.45, 7) is 4.49. The van der Waals surface area contributed by atoms with Crippen LogP contribution in [0.4, 0.5) is 11.4 Å². The molecule has 0 saturated carbocycles. The second-order valence-electron chi connectivity index (χ2n) is 6.24. The van der Waals surface area contributed by atoms with Crippen LogP contribution in [0, 0.1) is 12.8 Å². The third-order valence-electron chi connectivity index (χ3n) is 4.47. The van der Waals surface area contributed by atoms with Gasteiger partial charge in [0, 0.05) is 24.3 Å². The fraction of sp³-hybridized carbons (Fsp3) is 0.300. The van der Waals surface area contributed by atoms with Crippen LogP contribution in [0.5, 0.6) is 0 Å². The largest absolute Gasteiger partial charge is 0.326 e. The molecule has 1 N–H and O–H groups in total. The maximum Gasteiger partial charge on any atom is 0.229 e. The molecule has 0 spiro atoms. The van der Waals surface area contributed by atoms with E-state index < -0.39 is 0 Å². The lowest BCUT2D eigenvalue weighted by Crippen LogP contribution is -2.28. The third-order valence-corrected chi connectivity index (χ3v) is 4.47. The number of rotatable bonds is 4. The van der Waals surface area contributed by atoms with E-state index >= 15 is 0 Å². The average Bonchev–Trinajstić information content (AvgIpc) is 2.97. The van der Waals surface area contributed by atoms with E-state index in [1.807, 2.05) is 55.5 Å². The van der Waals surface area contributed by atoms with Crippen molar-refractivity contribution in [3.63, 3.8) is 0 Å². The van der Waals surface area contributed by atoms with Crippen molar-refractivity contribution in [2.75, 3.05) is 16.8 Å². The molecule has 0 aliphatic carbocycles. The Labute approximate surface area is 142 Å². The van der Waals surface area contributed by atoms with E-state index in [0.717, 1.165) is 28.9 Å². The Bertz CT molecular complexity index is 770. The van der Waals surface area contributed by atoms with Gasteiger partial charge in [-0.05, 0) is 42.7 Å². The van der Waals surface area contributed by atoms with Crippen LogP contribution in [0.15, 0.2) is 48.5 Å². The van der Waals surface area contributed by atoms with Crippen LogP contribution in [-0.2, 0) is 16.0 Å². The van der Waals surface area contributed by atoms with Crippen LogP contribution in [-0.4, -0.2) is 18.4 Å². The molecule has 0 radical (unpaired) electrons. The van der Waals surface area contributed by atoms with Gasteiger partial charge in [-0.25, -0.2) is 0 Å². The number of benzene rings is 2. The first-order valence-corrected chi connectivity index (χ1v) is 8.34. The number of anilines is 2. The van der Waals surface area contributed by atoms with Crippen molar-refractivity contribution in [3.05, 3.63) is 59.7 Å². The van der Waals surface area contributed by atoms with Gasteiger partial charge in [-0.2, -0.15) is 0 Å². The van der Waals surface area contributed by atoms with Crippen LogP contribution in [0.2, 0.25) is 0 Å². The zero-order valence-corrected chi connectivity index (χ0v) is 14.1. The van der Waals surface area contributed by atoms with E-state index in [2.05, 4.69) is 12.2 Å². The molecule has 2 aromatic carbocycles. The van der Waals surface area contributed by atoms with Crippen LogP contribution in [0.25, 0.3) is 0 Å². The van der Waals surface area contributed by atoms with Gasteiger partial charge in [0.2, 0.25) is 11.8 Å². The molecule has 1 aliphatic rings. The Balaban J connectivity index is 1.72.